The number of aryl methyl sites for hydroxylation is 3. The van der Waals surface area contributed by atoms with Crippen molar-refractivity contribution in [1.29, 1.82) is 0 Å². The van der Waals surface area contributed by atoms with Crippen LogP contribution in [0.4, 0.5) is 5.69 Å². The Morgan fingerprint density at radius 3 is 2.55 bits per heavy atom. The van der Waals surface area contributed by atoms with Crippen molar-refractivity contribution in [2.45, 2.75) is 27.2 Å². The number of carbonyl (C=O) groups excluding carboxylic acids is 3. The fourth-order valence-electron chi connectivity index (χ4n) is 3.26. The second kappa shape index (κ2) is 9.09. The molecule has 150 valence electrons. The van der Waals surface area contributed by atoms with Crippen molar-refractivity contribution in [3.8, 4) is 0 Å². The summed E-state index contributed by atoms with van der Waals surface area (Å²) < 4.78 is 0. The lowest BCUT2D eigenvalue weighted by atomic mass is 10.1. The highest BCUT2D eigenvalue weighted by atomic mass is 32.2. The number of nitrogens with zero attached hydrogens (tertiary/aromatic N) is 1. The third kappa shape index (κ3) is 4.77. The number of carbonyl (C=O) groups is 3. The number of ketones is 1. The molecular weight excluding hydrogens is 384 g/mol. The number of anilines is 1. The van der Waals surface area contributed by atoms with E-state index in [4.69, 9.17) is 0 Å². The Bertz CT molecular complexity index is 997. The Morgan fingerprint density at radius 1 is 1.10 bits per heavy atom. The molecule has 3 rings (SSSR count). The molecule has 0 aliphatic carbocycles. The highest BCUT2D eigenvalue weighted by molar-refractivity contribution is 8.04. The molecule has 0 spiro atoms. The van der Waals surface area contributed by atoms with Crippen LogP contribution in [0.5, 0.6) is 0 Å². The normalized spacial score (nSPS) is 15.1. The van der Waals surface area contributed by atoms with E-state index >= 15 is 0 Å². The third-order valence-corrected chi connectivity index (χ3v) is 5.91. The summed E-state index contributed by atoms with van der Waals surface area (Å²) in [4.78, 5) is 39.0. The second-order valence-corrected chi connectivity index (χ2v) is 7.94. The molecule has 0 radical (unpaired) electrons. The fraction of sp³-hybridized carbons (Fsp3) is 0.261. The first-order chi connectivity index (χ1) is 13.9. The van der Waals surface area contributed by atoms with Crippen LogP contribution in [0.25, 0.3) is 0 Å². The molecule has 5 nitrogen and oxygen atoms in total. The van der Waals surface area contributed by atoms with Crippen molar-refractivity contribution in [2.24, 2.45) is 0 Å². The zero-order valence-corrected chi connectivity index (χ0v) is 17.6. The average molecular weight is 409 g/mol. The molecule has 0 atom stereocenters. The SMILES string of the molecule is CCc1cccc(C)c1NC(=O)CN1C(=O)CS/C1=C\C(=O)c1ccccc1C. The van der Waals surface area contributed by atoms with Gasteiger partial charge in [-0.25, -0.2) is 0 Å². The number of allylic oxidation sites excluding steroid dienone is 1. The van der Waals surface area contributed by atoms with Gasteiger partial charge < -0.3 is 5.32 Å². The van der Waals surface area contributed by atoms with Gasteiger partial charge in [0.2, 0.25) is 11.8 Å². The van der Waals surface area contributed by atoms with Crippen molar-refractivity contribution in [1.82, 2.24) is 4.90 Å². The number of rotatable bonds is 6. The minimum absolute atomic E-state index is 0.115. The van der Waals surface area contributed by atoms with Gasteiger partial charge in [-0.3, -0.25) is 19.3 Å². The maximum atomic E-state index is 12.7. The molecule has 1 fully saturated rings. The Morgan fingerprint density at radius 2 is 1.83 bits per heavy atom. The first kappa shape index (κ1) is 20.9. The molecule has 1 saturated heterocycles. The average Bonchev–Trinajstić information content (AvgIpc) is 3.03. The van der Waals surface area contributed by atoms with Gasteiger partial charge in [-0.1, -0.05) is 61.2 Å². The van der Waals surface area contributed by atoms with Crippen LogP contribution in [0, 0.1) is 13.8 Å². The second-order valence-electron chi connectivity index (χ2n) is 6.94. The molecule has 0 aromatic heterocycles. The van der Waals surface area contributed by atoms with Crippen LogP contribution in [0.3, 0.4) is 0 Å². The van der Waals surface area contributed by atoms with Crippen LogP contribution in [0.1, 0.15) is 34.0 Å². The number of hydrogen-bond donors (Lipinski definition) is 1. The van der Waals surface area contributed by atoms with E-state index in [1.165, 1.54) is 22.7 Å². The molecule has 1 N–H and O–H groups in total. The van der Waals surface area contributed by atoms with Gasteiger partial charge in [0.05, 0.1) is 10.8 Å². The van der Waals surface area contributed by atoms with E-state index in [-0.39, 0.29) is 29.9 Å². The monoisotopic (exact) mass is 408 g/mol. The van der Waals surface area contributed by atoms with Gasteiger partial charge >= 0.3 is 0 Å². The molecule has 1 aliphatic heterocycles. The van der Waals surface area contributed by atoms with Crippen molar-refractivity contribution >= 4 is 35.0 Å². The standard InChI is InChI=1S/C23H24N2O3S/c1-4-17-10-7-9-16(3)23(17)24-20(27)13-25-21(28)14-29-22(25)12-19(26)18-11-6-5-8-15(18)2/h5-12H,4,13-14H2,1-3H3,(H,24,27)/b22-12-. The molecule has 2 amide bonds. The highest BCUT2D eigenvalue weighted by Crippen LogP contribution is 2.29. The van der Waals surface area contributed by atoms with Crippen molar-refractivity contribution in [3.63, 3.8) is 0 Å². The minimum Gasteiger partial charge on any atom is -0.324 e. The van der Waals surface area contributed by atoms with E-state index < -0.39 is 0 Å². The van der Waals surface area contributed by atoms with E-state index in [0.29, 0.717) is 10.6 Å². The van der Waals surface area contributed by atoms with Crippen LogP contribution in [-0.4, -0.2) is 34.8 Å². The predicted molar refractivity (Wildman–Crippen MR) is 117 cm³/mol. The largest absolute Gasteiger partial charge is 0.324 e. The first-order valence-corrected chi connectivity index (χ1v) is 10.5. The van der Waals surface area contributed by atoms with E-state index in [9.17, 15) is 14.4 Å². The van der Waals surface area contributed by atoms with Crippen LogP contribution < -0.4 is 5.32 Å². The van der Waals surface area contributed by atoms with Gasteiger partial charge in [-0.2, -0.15) is 0 Å². The van der Waals surface area contributed by atoms with Gasteiger partial charge in [0.1, 0.15) is 6.54 Å². The third-order valence-electron chi connectivity index (χ3n) is 4.88. The van der Waals surface area contributed by atoms with Gasteiger partial charge in [0, 0.05) is 17.3 Å². The number of hydrogen-bond acceptors (Lipinski definition) is 4. The predicted octanol–water partition coefficient (Wildman–Crippen LogP) is 4.10. The van der Waals surface area contributed by atoms with Crippen LogP contribution in [-0.2, 0) is 16.0 Å². The number of nitrogens with one attached hydrogen (secondary N) is 1. The number of benzene rings is 2. The highest BCUT2D eigenvalue weighted by Gasteiger charge is 2.29. The lowest BCUT2D eigenvalue weighted by Gasteiger charge is -2.18. The lowest BCUT2D eigenvalue weighted by molar-refractivity contribution is -0.129. The first-order valence-electron chi connectivity index (χ1n) is 9.54. The molecule has 1 aliphatic rings. The Hall–Kier alpha value is -2.86. The summed E-state index contributed by atoms with van der Waals surface area (Å²) in [5, 5.41) is 3.45. The van der Waals surface area contributed by atoms with E-state index in [0.717, 1.165) is 28.8 Å². The van der Waals surface area contributed by atoms with Gasteiger partial charge in [0.25, 0.3) is 0 Å². The molecule has 6 heteroatoms. The molecule has 2 aromatic rings. The van der Waals surface area contributed by atoms with Gasteiger partial charge in [0.15, 0.2) is 5.78 Å². The summed E-state index contributed by atoms with van der Waals surface area (Å²) in [5.74, 6) is -0.392. The molecule has 2 aromatic carbocycles. The Balaban J connectivity index is 1.77. The number of thioether (sulfide) groups is 1. The lowest BCUT2D eigenvalue weighted by Crippen LogP contribution is -2.34. The molecule has 0 saturated carbocycles. The van der Waals surface area contributed by atoms with Crippen LogP contribution in [0.15, 0.2) is 53.6 Å². The fourth-order valence-corrected chi connectivity index (χ4v) is 4.20. The molecular formula is C23H24N2O3S. The van der Waals surface area contributed by atoms with Crippen molar-refractivity contribution in [3.05, 3.63) is 75.8 Å². The summed E-state index contributed by atoms with van der Waals surface area (Å²) in [6.07, 6.45) is 2.25. The quantitative estimate of drug-likeness (QED) is 0.577. The summed E-state index contributed by atoms with van der Waals surface area (Å²) >= 11 is 1.28. The zero-order valence-electron chi connectivity index (χ0n) is 16.8. The van der Waals surface area contributed by atoms with E-state index in [1.54, 1.807) is 6.07 Å². The van der Waals surface area contributed by atoms with Crippen LogP contribution >= 0.6 is 11.8 Å². The number of amides is 2. The van der Waals surface area contributed by atoms with Crippen LogP contribution in [0.2, 0.25) is 0 Å². The zero-order chi connectivity index (χ0) is 21.0. The summed E-state index contributed by atoms with van der Waals surface area (Å²) in [7, 11) is 0. The maximum Gasteiger partial charge on any atom is 0.244 e. The Labute approximate surface area is 175 Å². The maximum absolute atomic E-state index is 12.7. The van der Waals surface area contributed by atoms with Crippen molar-refractivity contribution in [2.75, 3.05) is 17.6 Å². The topological polar surface area (TPSA) is 66.5 Å². The summed E-state index contributed by atoms with van der Waals surface area (Å²) in [6.45, 7) is 5.73. The van der Waals surface area contributed by atoms with Gasteiger partial charge in [-0.15, -0.1) is 0 Å². The minimum atomic E-state index is -0.279. The molecule has 29 heavy (non-hydrogen) atoms. The summed E-state index contributed by atoms with van der Waals surface area (Å²) in [6, 6.07) is 13.2. The molecule has 0 unspecified atom stereocenters. The smallest absolute Gasteiger partial charge is 0.244 e. The van der Waals surface area contributed by atoms with E-state index in [1.807, 2.05) is 57.2 Å². The van der Waals surface area contributed by atoms with E-state index in [2.05, 4.69) is 5.32 Å². The Kier molecular flexibility index (Phi) is 6.54. The number of para-hydroxylation sites is 1. The van der Waals surface area contributed by atoms with Crippen molar-refractivity contribution < 1.29 is 14.4 Å². The molecule has 1 heterocycles. The van der Waals surface area contributed by atoms with Gasteiger partial charge in [-0.05, 0) is 37.0 Å². The summed E-state index contributed by atoms with van der Waals surface area (Å²) in [5.41, 5.74) is 4.29. The molecule has 0 bridgehead atoms.